The number of carbonyl (C=O) groups is 2. The van der Waals surface area contributed by atoms with Crippen LogP contribution in [0.3, 0.4) is 0 Å². The molecular formula is C13H22N2O2. The lowest BCUT2D eigenvalue weighted by Crippen LogP contribution is -2.46. The Bertz CT molecular complexity index is 298. The zero-order chi connectivity index (χ0) is 12.3. The molecule has 0 bridgehead atoms. The van der Waals surface area contributed by atoms with E-state index in [4.69, 9.17) is 0 Å². The highest BCUT2D eigenvalue weighted by atomic mass is 16.2. The minimum absolute atomic E-state index is 0.0531. The molecule has 0 spiro atoms. The van der Waals surface area contributed by atoms with Crippen molar-refractivity contribution in [3.8, 4) is 0 Å². The van der Waals surface area contributed by atoms with Gasteiger partial charge < -0.3 is 9.80 Å². The van der Waals surface area contributed by atoms with Gasteiger partial charge >= 0.3 is 0 Å². The smallest absolute Gasteiger partial charge is 0.227 e. The predicted molar refractivity (Wildman–Crippen MR) is 65.4 cm³/mol. The van der Waals surface area contributed by atoms with Crippen LogP contribution in [0.25, 0.3) is 0 Å². The van der Waals surface area contributed by atoms with Crippen LogP contribution in [0, 0.1) is 5.92 Å². The molecule has 2 aliphatic rings. The summed E-state index contributed by atoms with van der Waals surface area (Å²) in [4.78, 5) is 27.7. The third-order valence-corrected chi connectivity index (χ3v) is 3.84. The summed E-state index contributed by atoms with van der Waals surface area (Å²) in [5.41, 5.74) is 0. The first-order valence-electron chi connectivity index (χ1n) is 6.79. The summed E-state index contributed by atoms with van der Waals surface area (Å²) in [5.74, 6) is 0.511. The third-order valence-electron chi connectivity index (χ3n) is 3.84. The Morgan fingerprint density at radius 1 is 1.06 bits per heavy atom. The molecule has 2 aliphatic heterocycles. The second-order valence-corrected chi connectivity index (χ2v) is 5.06. The van der Waals surface area contributed by atoms with Gasteiger partial charge in [0.2, 0.25) is 11.8 Å². The molecule has 0 aromatic heterocycles. The summed E-state index contributed by atoms with van der Waals surface area (Å²) in [6, 6.07) is 0. The van der Waals surface area contributed by atoms with Crippen LogP contribution in [0.5, 0.6) is 0 Å². The number of likely N-dealkylation sites (tertiary alicyclic amines) is 2. The molecular weight excluding hydrogens is 216 g/mol. The molecule has 1 atom stereocenters. The quantitative estimate of drug-likeness (QED) is 0.726. The van der Waals surface area contributed by atoms with Gasteiger partial charge in [-0.15, -0.1) is 0 Å². The maximum atomic E-state index is 12.2. The van der Waals surface area contributed by atoms with E-state index in [2.05, 4.69) is 0 Å². The van der Waals surface area contributed by atoms with Gasteiger partial charge in [0.15, 0.2) is 0 Å². The van der Waals surface area contributed by atoms with Crippen molar-refractivity contribution in [2.75, 3.05) is 26.2 Å². The zero-order valence-corrected chi connectivity index (χ0v) is 10.7. The molecule has 0 aliphatic carbocycles. The Balaban J connectivity index is 1.92. The van der Waals surface area contributed by atoms with Crippen molar-refractivity contribution in [1.82, 2.24) is 9.80 Å². The van der Waals surface area contributed by atoms with Crippen LogP contribution in [-0.4, -0.2) is 47.8 Å². The zero-order valence-electron chi connectivity index (χ0n) is 10.7. The molecule has 2 heterocycles. The van der Waals surface area contributed by atoms with Crippen LogP contribution in [0.1, 0.15) is 39.0 Å². The monoisotopic (exact) mass is 238 g/mol. The fourth-order valence-electron chi connectivity index (χ4n) is 2.82. The summed E-state index contributed by atoms with van der Waals surface area (Å²) < 4.78 is 0. The standard InChI is InChI=1S/C13H22N2O2/c1-2-12(16)15-9-5-6-11(10-15)13(17)14-7-3-4-8-14/h11H,2-10H2,1H3/t11-/m0/s1. The van der Waals surface area contributed by atoms with Crippen molar-refractivity contribution in [3.63, 3.8) is 0 Å². The van der Waals surface area contributed by atoms with E-state index in [0.717, 1.165) is 45.3 Å². The van der Waals surface area contributed by atoms with Crippen molar-refractivity contribution >= 4 is 11.8 Å². The minimum atomic E-state index is 0.0531. The van der Waals surface area contributed by atoms with Crippen molar-refractivity contribution < 1.29 is 9.59 Å². The van der Waals surface area contributed by atoms with Gasteiger partial charge in [-0.25, -0.2) is 0 Å². The lowest BCUT2D eigenvalue weighted by atomic mass is 9.96. The lowest BCUT2D eigenvalue weighted by Gasteiger charge is -2.33. The van der Waals surface area contributed by atoms with E-state index in [1.54, 1.807) is 0 Å². The van der Waals surface area contributed by atoms with Gasteiger partial charge in [-0.1, -0.05) is 6.92 Å². The van der Waals surface area contributed by atoms with Gasteiger partial charge in [0.05, 0.1) is 5.92 Å². The Morgan fingerprint density at radius 3 is 2.35 bits per heavy atom. The van der Waals surface area contributed by atoms with Crippen LogP contribution in [0.2, 0.25) is 0 Å². The molecule has 4 heteroatoms. The predicted octanol–water partition coefficient (Wildman–Crippen LogP) is 1.26. The second-order valence-electron chi connectivity index (χ2n) is 5.06. The molecule has 2 fully saturated rings. The van der Waals surface area contributed by atoms with Crippen molar-refractivity contribution in [2.24, 2.45) is 5.92 Å². The SMILES string of the molecule is CCC(=O)N1CCC[C@H](C(=O)N2CCCC2)C1. The number of amides is 2. The summed E-state index contributed by atoms with van der Waals surface area (Å²) in [7, 11) is 0. The van der Waals surface area contributed by atoms with E-state index in [1.165, 1.54) is 0 Å². The van der Waals surface area contributed by atoms with Crippen LogP contribution in [-0.2, 0) is 9.59 Å². The van der Waals surface area contributed by atoms with Crippen LogP contribution in [0.15, 0.2) is 0 Å². The average Bonchev–Trinajstić information content (AvgIpc) is 2.91. The molecule has 17 heavy (non-hydrogen) atoms. The summed E-state index contributed by atoms with van der Waals surface area (Å²) in [6.07, 6.45) is 4.73. The highest BCUT2D eigenvalue weighted by Crippen LogP contribution is 2.21. The van der Waals surface area contributed by atoms with Crippen LogP contribution >= 0.6 is 0 Å². The van der Waals surface area contributed by atoms with Gasteiger partial charge in [0, 0.05) is 32.6 Å². The molecule has 0 aromatic carbocycles. The van der Waals surface area contributed by atoms with Crippen molar-refractivity contribution in [1.29, 1.82) is 0 Å². The first-order valence-corrected chi connectivity index (χ1v) is 6.79. The van der Waals surface area contributed by atoms with E-state index in [0.29, 0.717) is 13.0 Å². The average molecular weight is 238 g/mol. The molecule has 0 aromatic rings. The number of piperidine rings is 1. The number of carbonyl (C=O) groups excluding carboxylic acids is 2. The second kappa shape index (κ2) is 5.52. The van der Waals surface area contributed by atoms with E-state index in [-0.39, 0.29) is 17.7 Å². The highest BCUT2D eigenvalue weighted by Gasteiger charge is 2.31. The molecule has 0 radical (unpaired) electrons. The van der Waals surface area contributed by atoms with Crippen molar-refractivity contribution in [3.05, 3.63) is 0 Å². The molecule has 0 saturated carbocycles. The van der Waals surface area contributed by atoms with Gasteiger partial charge in [-0.3, -0.25) is 9.59 Å². The normalized spacial score (nSPS) is 25.1. The number of nitrogens with zero attached hydrogens (tertiary/aromatic N) is 2. The first kappa shape index (κ1) is 12.4. The fraction of sp³-hybridized carbons (Fsp3) is 0.846. The molecule has 4 nitrogen and oxygen atoms in total. The Kier molecular flexibility index (Phi) is 4.02. The maximum absolute atomic E-state index is 12.2. The van der Waals surface area contributed by atoms with Crippen LogP contribution < -0.4 is 0 Å². The maximum Gasteiger partial charge on any atom is 0.227 e. The lowest BCUT2D eigenvalue weighted by molar-refractivity contribution is -0.140. The summed E-state index contributed by atoms with van der Waals surface area (Å²) in [6.45, 7) is 5.18. The van der Waals surface area contributed by atoms with E-state index < -0.39 is 0 Å². The first-order chi connectivity index (χ1) is 8.22. The molecule has 2 amide bonds. The molecule has 0 unspecified atom stereocenters. The van der Waals surface area contributed by atoms with Gasteiger partial charge in [-0.2, -0.15) is 0 Å². The van der Waals surface area contributed by atoms with Crippen molar-refractivity contribution in [2.45, 2.75) is 39.0 Å². The van der Waals surface area contributed by atoms with E-state index in [9.17, 15) is 9.59 Å². The summed E-state index contributed by atoms with van der Waals surface area (Å²) in [5, 5.41) is 0. The number of rotatable bonds is 2. The highest BCUT2D eigenvalue weighted by molar-refractivity contribution is 5.81. The fourth-order valence-corrected chi connectivity index (χ4v) is 2.82. The number of hydrogen-bond acceptors (Lipinski definition) is 2. The molecule has 2 rings (SSSR count). The van der Waals surface area contributed by atoms with E-state index >= 15 is 0 Å². The third kappa shape index (κ3) is 2.79. The summed E-state index contributed by atoms with van der Waals surface area (Å²) >= 11 is 0. The number of hydrogen-bond donors (Lipinski definition) is 0. The van der Waals surface area contributed by atoms with Gasteiger partial charge in [0.25, 0.3) is 0 Å². The molecule has 96 valence electrons. The van der Waals surface area contributed by atoms with Crippen LogP contribution in [0.4, 0.5) is 0 Å². The van der Waals surface area contributed by atoms with E-state index in [1.807, 2.05) is 16.7 Å². The Morgan fingerprint density at radius 2 is 1.71 bits per heavy atom. The Hall–Kier alpha value is -1.06. The molecule has 0 N–H and O–H groups in total. The van der Waals surface area contributed by atoms with Gasteiger partial charge in [0.1, 0.15) is 0 Å². The van der Waals surface area contributed by atoms with Gasteiger partial charge in [-0.05, 0) is 25.7 Å². The largest absolute Gasteiger partial charge is 0.342 e. The Labute approximate surface area is 103 Å². The molecule has 2 saturated heterocycles. The minimum Gasteiger partial charge on any atom is -0.342 e. The topological polar surface area (TPSA) is 40.6 Å².